The Bertz CT molecular complexity index is 1320. The van der Waals surface area contributed by atoms with Crippen LogP contribution >= 0.6 is 0 Å². The van der Waals surface area contributed by atoms with E-state index in [4.69, 9.17) is 4.74 Å². The summed E-state index contributed by atoms with van der Waals surface area (Å²) in [5.74, 6) is 0.0903. The SMILES string of the molecule is CC(/C=C/C=C(C)/C=C/C(=O)[C@]1(C)C[C@@H](O)CC1(C)C)=C\C=C\C=C(C)\C=C\C=C(C)\C=C\[C@@]12O[C@]1(C)CCCC2(C)C. The van der Waals surface area contributed by atoms with E-state index >= 15 is 0 Å². The van der Waals surface area contributed by atoms with Crippen molar-refractivity contribution in [3.8, 4) is 0 Å². The predicted octanol–water partition coefficient (Wildman–Crippen LogP) is 10.0. The van der Waals surface area contributed by atoms with Crippen molar-refractivity contribution in [2.45, 2.75) is 119 Å². The topological polar surface area (TPSA) is 49.8 Å². The van der Waals surface area contributed by atoms with E-state index in [1.807, 2.05) is 38.2 Å². The molecule has 0 aromatic carbocycles. The van der Waals surface area contributed by atoms with Gasteiger partial charge in [0.25, 0.3) is 0 Å². The fourth-order valence-corrected chi connectivity index (χ4v) is 6.96. The van der Waals surface area contributed by atoms with Gasteiger partial charge in [-0.05, 0) is 84.3 Å². The van der Waals surface area contributed by atoms with E-state index in [1.54, 1.807) is 6.08 Å². The number of carbonyl (C=O) groups excluding carboxylic acids is 1. The van der Waals surface area contributed by atoms with Crippen LogP contribution in [0.4, 0.5) is 0 Å². The lowest BCUT2D eigenvalue weighted by Gasteiger charge is -2.36. The molecule has 3 rings (SSSR count). The normalized spacial score (nSPS) is 33.5. The molecular formula is C40H56O3. The largest absolute Gasteiger partial charge is 0.393 e. The average molecular weight is 585 g/mol. The number of ketones is 1. The van der Waals surface area contributed by atoms with Crippen LogP contribution in [0.3, 0.4) is 0 Å². The van der Waals surface area contributed by atoms with Crippen molar-refractivity contribution in [2.75, 3.05) is 0 Å². The Balaban J connectivity index is 1.48. The standard InChI is InChI=1S/C40H56O3/c1-30(18-13-20-32(3)22-23-35(42)38(9)29-34(41)28-37(38,7)8)16-11-12-17-31(2)19-14-21-33(4)24-27-40-36(5,6)25-15-26-39(40,10)43-40/h11-14,16-24,27,34,41H,15,25-26,28-29H2,1-10H3/b12-11+,18-13+,19-14+,23-22+,27-24+,30-16+,31-17+,32-20+,33-21+/t34-,38-,39+,40-/m0/s1. The highest BCUT2D eigenvalue weighted by Gasteiger charge is 2.73. The zero-order valence-electron chi connectivity index (χ0n) is 28.5. The molecule has 43 heavy (non-hydrogen) atoms. The number of allylic oxidation sites excluding steroid dienone is 17. The van der Waals surface area contributed by atoms with Crippen LogP contribution in [0.25, 0.3) is 0 Å². The highest BCUT2D eigenvalue weighted by Crippen LogP contribution is 2.66. The Labute approximate surface area is 262 Å². The monoisotopic (exact) mass is 584 g/mol. The molecule has 0 aromatic rings. The number of carbonyl (C=O) groups is 1. The van der Waals surface area contributed by atoms with Gasteiger partial charge in [0.2, 0.25) is 0 Å². The fraction of sp³-hybridized carbons (Fsp3) is 0.525. The molecule has 4 atom stereocenters. The summed E-state index contributed by atoms with van der Waals surface area (Å²) in [6.45, 7) is 21.4. The van der Waals surface area contributed by atoms with E-state index in [0.29, 0.717) is 12.8 Å². The molecule has 0 unspecified atom stereocenters. The molecule has 2 aliphatic carbocycles. The van der Waals surface area contributed by atoms with Crippen LogP contribution in [-0.2, 0) is 9.53 Å². The van der Waals surface area contributed by atoms with Crippen molar-refractivity contribution in [3.63, 3.8) is 0 Å². The molecule has 1 heterocycles. The molecule has 1 N–H and O–H groups in total. The van der Waals surface area contributed by atoms with E-state index in [2.05, 4.69) is 110 Å². The zero-order valence-corrected chi connectivity index (χ0v) is 28.5. The lowest BCUT2D eigenvalue weighted by Crippen LogP contribution is -2.41. The van der Waals surface area contributed by atoms with Crippen molar-refractivity contribution in [1.29, 1.82) is 0 Å². The first kappa shape index (κ1) is 34.7. The molecule has 1 aliphatic heterocycles. The van der Waals surface area contributed by atoms with E-state index in [0.717, 1.165) is 17.6 Å². The molecule has 0 radical (unpaired) electrons. The molecule has 0 aromatic heterocycles. The molecule has 3 nitrogen and oxygen atoms in total. The third-order valence-corrected chi connectivity index (χ3v) is 10.4. The summed E-state index contributed by atoms with van der Waals surface area (Å²) in [5, 5.41) is 10.1. The van der Waals surface area contributed by atoms with Gasteiger partial charge in [-0.15, -0.1) is 0 Å². The van der Waals surface area contributed by atoms with E-state index in [9.17, 15) is 9.90 Å². The minimum atomic E-state index is -0.527. The van der Waals surface area contributed by atoms with E-state index < -0.39 is 11.5 Å². The zero-order chi connectivity index (χ0) is 32.1. The van der Waals surface area contributed by atoms with Crippen LogP contribution in [0.1, 0.15) is 101 Å². The predicted molar refractivity (Wildman–Crippen MR) is 183 cm³/mol. The summed E-state index contributed by atoms with van der Waals surface area (Å²) in [5.41, 5.74) is 3.86. The highest BCUT2D eigenvalue weighted by molar-refractivity contribution is 5.95. The van der Waals surface area contributed by atoms with Gasteiger partial charge >= 0.3 is 0 Å². The van der Waals surface area contributed by atoms with Crippen molar-refractivity contribution in [2.24, 2.45) is 16.2 Å². The lowest BCUT2D eigenvalue weighted by atomic mass is 9.64. The average Bonchev–Trinajstić information content (AvgIpc) is 3.48. The van der Waals surface area contributed by atoms with E-state index in [-0.39, 0.29) is 27.8 Å². The van der Waals surface area contributed by atoms with Crippen molar-refractivity contribution in [3.05, 3.63) is 107 Å². The maximum absolute atomic E-state index is 12.9. The van der Waals surface area contributed by atoms with Gasteiger partial charge in [-0.3, -0.25) is 4.79 Å². The number of aliphatic hydroxyl groups is 1. The molecule has 234 valence electrons. The molecule has 3 aliphatic rings. The second kappa shape index (κ2) is 13.5. The number of hydrogen-bond donors (Lipinski definition) is 1. The first-order valence-electron chi connectivity index (χ1n) is 16.0. The maximum atomic E-state index is 12.9. The summed E-state index contributed by atoms with van der Waals surface area (Å²) in [6, 6.07) is 0. The van der Waals surface area contributed by atoms with Crippen molar-refractivity contribution >= 4 is 5.78 Å². The van der Waals surface area contributed by atoms with Gasteiger partial charge < -0.3 is 9.84 Å². The second-order valence-corrected chi connectivity index (χ2v) is 14.9. The summed E-state index contributed by atoms with van der Waals surface area (Å²) in [4.78, 5) is 12.9. The third kappa shape index (κ3) is 8.05. The number of ether oxygens (including phenoxy) is 1. The molecule has 3 fully saturated rings. The van der Waals surface area contributed by atoms with Gasteiger partial charge in [0.15, 0.2) is 5.78 Å². The van der Waals surface area contributed by atoms with Gasteiger partial charge in [0, 0.05) is 10.8 Å². The Kier molecular flexibility index (Phi) is 10.9. The van der Waals surface area contributed by atoms with Crippen molar-refractivity contribution < 1.29 is 14.6 Å². The molecule has 0 spiro atoms. The van der Waals surface area contributed by atoms with Gasteiger partial charge in [0.05, 0.1) is 11.7 Å². The molecule has 1 saturated heterocycles. The minimum absolute atomic E-state index is 0.00166. The Morgan fingerprint density at radius 1 is 0.651 bits per heavy atom. The lowest BCUT2D eigenvalue weighted by molar-refractivity contribution is -0.127. The summed E-state index contributed by atoms with van der Waals surface area (Å²) in [6.07, 6.45) is 33.2. The quantitative estimate of drug-likeness (QED) is 0.149. The van der Waals surface area contributed by atoms with Crippen LogP contribution < -0.4 is 0 Å². The van der Waals surface area contributed by atoms with Gasteiger partial charge in [-0.1, -0.05) is 130 Å². The van der Waals surface area contributed by atoms with Crippen LogP contribution in [-0.4, -0.2) is 28.2 Å². The maximum Gasteiger partial charge on any atom is 0.162 e. The number of fused-ring (bicyclic) bond motifs is 1. The molecule has 0 bridgehead atoms. The number of hydrogen-bond acceptors (Lipinski definition) is 3. The molecular weight excluding hydrogens is 528 g/mol. The first-order chi connectivity index (χ1) is 20.0. The second-order valence-electron chi connectivity index (χ2n) is 14.9. The minimum Gasteiger partial charge on any atom is -0.393 e. The van der Waals surface area contributed by atoms with Crippen LogP contribution in [0, 0.1) is 16.2 Å². The third-order valence-electron chi connectivity index (χ3n) is 10.4. The molecule has 2 saturated carbocycles. The Morgan fingerprint density at radius 3 is 1.67 bits per heavy atom. The molecule has 3 heteroatoms. The number of rotatable bonds is 11. The Hall–Kier alpha value is -2.75. The fourth-order valence-electron chi connectivity index (χ4n) is 6.96. The van der Waals surface area contributed by atoms with E-state index in [1.165, 1.54) is 24.0 Å². The van der Waals surface area contributed by atoms with Crippen LogP contribution in [0.5, 0.6) is 0 Å². The van der Waals surface area contributed by atoms with Crippen molar-refractivity contribution in [1.82, 2.24) is 0 Å². The Morgan fingerprint density at radius 2 is 1.16 bits per heavy atom. The van der Waals surface area contributed by atoms with Gasteiger partial charge in [0.1, 0.15) is 5.60 Å². The molecule has 0 amide bonds. The summed E-state index contributed by atoms with van der Waals surface area (Å²) < 4.78 is 6.33. The smallest absolute Gasteiger partial charge is 0.162 e. The van der Waals surface area contributed by atoms with Crippen LogP contribution in [0.2, 0.25) is 0 Å². The number of epoxide rings is 1. The van der Waals surface area contributed by atoms with Gasteiger partial charge in [-0.25, -0.2) is 0 Å². The van der Waals surface area contributed by atoms with Gasteiger partial charge in [-0.2, -0.15) is 0 Å². The summed E-state index contributed by atoms with van der Waals surface area (Å²) in [7, 11) is 0. The summed E-state index contributed by atoms with van der Waals surface area (Å²) >= 11 is 0. The van der Waals surface area contributed by atoms with Crippen LogP contribution in [0.15, 0.2) is 107 Å². The highest BCUT2D eigenvalue weighted by atomic mass is 16.6. The first-order valence-corrected chi connectivity index (χ1v) is 16.0. The number of aliphatic hydroxyl groups excluding tert-OH is 1.